The van der Waals surface area contributed by atoms with Crippen LogP contribution < -0.4 is 0 Å². The van der Waals surface area contributed by atoms with Gasteiger partial charge >= 0.3 is 0 Å². The monoisotopic (exact) mass is 245 g/mol. The normalized spacial score (nSPS) is 16.6. The van der Waals surface area contributed by atoms with Crippen molar-refractivity contribution in [3.05, 3.63) is 30.3 Å². The molecule has 5 heteroatoms. The second kappa shape index (κ2) is 4.74. The van der Waals surface area contributed by atoms with E-state index in [2.05, 4.69) is 0 Å². The van der Waals surface area contributed by atoms with Crippen LogP contribution in [0.5, 0.6) is 0 Å². The molecule has 0 spiro atoms. The van der Waals surface area contributed by atoms with Gasteiger partial charge in [0.2, 0.25) is 0 Å². The average molecular weight is 246 g/mol. The summed E-state index contributed by atoms with van der Waals surface area (Å²) in [5.41, 5.74) is 0. The SMILES string of the molecule is N#CC(Cl)CS(=O)(=S)c1ccccc1. The highest BCUT2D eigenvalue weighted by atomic mass is 35.5. The first-order chi connectivity index (χ1) is 6.56. The molecule has 0 saturated carbocycles. The molecule has 0 aliphatic carbocycles. The van der Waals surface area contributed by atoms with Gasteiger partial charge in [0.25, 0.3) is 0 Å². The lowest BCUT2D eigenvalue weighted by atomic mass is 10.4. The molecule has 2 unspecified atom stereocenters. The molecule has 0 radical (unpaired) electrons. The molecule has 1 aromatic carbocycles. The van der Waals surface area contributed by atoms with Crippen molar-refractivity contribution < 1.29 is 4.21 Å². The van der Waals surface area contributed by atoms with Gasteiger partial charge in [0, 0.05) is 4.90 Å². The average Bonchev–Trinajstić information content (AvgIpc) is 2.18. The van der Waals surface area contributed by atoms with Crippen molar-refractivity contribution in [3.63, 3.8) is 0 Å². The molecule has 2 atom stereocenters. The first-order valence-corrected chi connectivity index (χ1v) is 6.96. The molecule has 74 valence electrons. The third kappa shape index (κ3) is 2.95. The Bertz CT molecular complexity index is 436. The van der Waals surface area contributed by atoms with Crippen LogP contribution in [0.3, 0.4) is 0 Å². The number of alkyl halides is 1. The van der Waals surface area contributed by atoms with E-state index >= 15 is 0 Å². The smallest absolute Gasteiger partial charge is 0.132 e. The molecule has 1 rings (SSSR count). The highest BCUT2D eigenvalue weighted by Gasteiger charge is 2.15. The van der Waals surface area contributed by atoms with Crippen molar-refractivity contribution in [2.75, 3.05) is 5.75 Å². The molecule has 0 amide bonds. The molecule has 0 saturated heterocycles. The largest absolute Gasteiger partial charge is 0.252 e. The molecular formula is C9H8ClNOS2. The number of nitrogens with zero attached hydrogens (tertiary/aromatic N) is 1. The Morgan fingerprint density at radius 3 is 2.57 bits per heavy atom. The van der Waals surface area contributed by atoms with E-state index < -0.39 is 13.9 Å². The van der Waals surface area contributed by atoms with Gasteiger partial charge in [-0.3, -0.25) is 4.21 Å². The molecule has 0 aromatic heterocycles. The van der Waals surface area contributed by atoms with Crippen LogP contribution in [0, 0.1) is 11.3 Å². The van der Waals surface area contributed by atoms with Gasteiger partial charge in [0.05, 0.1) is 20.3 Å². The predicted octanol–water partition coefficient (Wildman–Crippen LogP) is 1.92. The van der Waals surface area contributed by atoms with Gasteiger partial charge in [-0.05, 0) is 23.3 Å². The van der Waals surface area contributed by atoms with Crippen LogP contribution in [0.2, 0.25) is 0 Å². The van der Waals surface area contributed by atoms with E-state index in [-0.39, 0.29) is 5.75 Å². The summed E-state index contributed by atoms with van der Waals surface area (Å²) in [6.07, 6.45) is 0. The fourth-order valence-electron chi connectivity index (χ4n) is 0.954. The van der Waals surface area contributed by atoms with Crippen molar-refractivity contribution in [2.45, 2.75) is 10.3 Å². The third-order valence-corrected chi connectivity index (χ3v) is 4.79. The molecule has 0 heterocycles. The second-order valence-corrected chi connectivity index (χ2v) is 6.87. The topological polar surface area (TPSA) is 40.9 Å². The molecule has 0 N–H and O–H groups in total. The Morgan fingerprint density at radius 1 is 1.50 bits per heavy atom. The Balaban J connectivity index is 2.94. The number of nitriles is 1. The third-order valence-electron chi connectivity index (χ3n) is 1.61. The summed E-state index contributed by atoms with van der Waals surface area (Å²) in [5, 5.41) is 7.70. The predicted molar refractivity (Wildman–Crippen MR) is 60.3 cm³/mol. The molecule has 1 aromatic rings. The van der Waals surface area contributed by atoms with Crippen molar-refractivity contribution in [1.29, 1.82) is 5.26 Å². The van der Waals surface area contributed by atoms with E-state index in [1.165, 1.54) is 0 Å². The van der Waals surface area contributed by atoms with E-state index in [0.29, 0.717) is 4.90 Å². The van der Waals surface area contributed by atoms with E-state index in [1.54, 1.807) is 24.3 Å². The van der Waals surface area contributed by atoms with Gasteiger partial charge in [0.15, 0.2) is 0 Å². The van der Waals surface area contributed by atoms with Gasteiger partial charge in [-0.1, -0.05) is 18.2 Å². The van der Waals surface area contributed by atoms with Gasteiger partial charge in [-0.25, -0.2) is 0 Å². The summed E-state index contributed by atoms with van der Waals surface area (Å²) in [5.74, 6) is 0.0183. The van der Waals surface area contributed by atoms with Crippen molar-refractivity contribution >= 4 is 31.3 Å². The first-order valence-electron chi connectivity index (χ1n) is 3.88. The maximum absolute atomic E-state index is 11.9. The van der Waals surface area contributed by atoms with Crippen LogP contribution in [0.1, 0.15) is 0 Å². The van der Waals surface area contributed by atoms with Gasteiger partial charge in [-0.15, -0.1) is 11.6 Å². The molecular weight excluding hydrogens is 238 g/mol. The molecule has 0 aliphatic heterocycles. The lowest BCUT2D eigenvalue weighted by molar-refractivity contribution is 0.681. The van der Waals surface area contributed by atoms with Crippen LogP contribution in [0.25, 0.3) is 0 Å². The highest BCUT2D eigenvalue weighted by Crippen LogP contribution is 2.13. The van der Waals surface area contributed by atoms with Crippen LogP contribution >= 0.6 is 11.6 Å². The standard InChI is InChI=1S/C9H8ClNOS2/c10-8(6-11)7-14(12,13)9-4-2-1-3-5-9/h1-5,8H,7H2. The number of benzene rings is 1. The van der Waals surface area contributed by atoms with Crippen LogP contribution in [-0.2, 0) is 19.7 Å². The Hall–Kier alpha value is -0.630. The minimum absolute atomic E-state index is 0.0183. The maximum atomic E-state index is 11.9. The van der Waals surface area contributed by atoms with E-state index in [1.807, 2.05) is 12.1 Å². The first kappa shape index (κ1) is 11.4. The van der Waals surface area contributed by atoms with Crippen molar-refractivity contribution in [1.82, 2.24) is 0 Å². The lowest BCUT2D eigenvalue weighted by Crippen LogP contribution is -2.13. The van der Waals surface area contributed by atoms with E-state index in [4.69, 9.17) is 28.1 Å². The minimum atomic E-state index is -2.59. The molecule has 14 heavy (non-hydrogen) atoms. The summed E-state index contributed by atoms with van der Waals surface area (Å²) < 4.78 is 11.9. The molecule has 0 fully saturated rings. The van der Waals surface area contributed by atoms with Crippen molar-refractivity contribution in [3.8, 4) is 6.07 Å². The Labute approximate surface area is 93.2 Å². The molecule has 2 nitrogen and oxygen atoms in total. The van der Waals surface area contributed by atoms with Crippen molar-refractivity contribution in [2.24, 2.45) is 0 Å². The highest BCUT2D eigenvalue weighted by molar-refractivity contribution is 8.33. The van der Waals surface area contributed by atoms with Gasteiger partial charge in [0.1, 0.15) is 5.38 Å². The lowest BCUT2D eigenvalue weighted by Gasteiger charge is -2.06. The quantitative estimate of drug-likeness (QED) is 0.764. The summed E-state index contributed by atoms with van der Waals surface area (Å²) in [6.45, 7) is 0. The minimum Gasteiger partial charge on any atom is -0.252 e. The number of rotatable bonds is 3. The number of hydrogen-bond donors (Lipinski definition) is 0. The van der Waals surface area contributed by atoms with E-state index in [9.17, 15) is 4.21 Å². The number of hydrogen-bond acceptors (Lipinski definition) is 3. The summed E-state index contributed by atoms with van der Waals surface area (Å²) in [4.78, 5) is 0.566. The van der Waals surface area contributed by atoms with Crippen LogP contribution in [0.15, 0.2) is 35.2 Å². The van der Waals surface area contributed by atoms with Crippen LogP contribution in [0.4, 0.5) is 0 Å². The summed E-state index contributed by atoms with van der Waals surface area (Å²) in [7, 11) is -2.59. The van der Waals surface area contributed by atoms with Gasteiger partial charge in [-0.2, -0.15) is 5.26 Å². The Morgan fingerprint density at radius 2 is 2.07 bits per heavy atom. The van der Waals surface area contributed by atoms with E-state index in [0.717, 1.165) is 0 Å². The fraction of sp³-hybridized carbons (Fsp3) is 0.222. The molecule has 0 aliphatic rings. The zero-order chi connectivity index (χ0) is 10.6. The number of halogens is 1. The zero-order valence-corrected chi connectivity index (χ0v) is 9.61. The Kier molecular flexibility index (Phi) is 3.87. The maximum Gasteiger partial charge on any atom is 0.132 e. The zero-order valence-electron chi connectivity index (χ0n) is 7.22. The molecule has 0 bridgehead atoms. The second-order valence-electron chi connectivity index (χ2n) is 2.69. The van der Waals surface area contributed by atoms with Crippen LogP contribution in [-0.4, -0.2) is 15.3 Å². The summed E-state index contributed by atoms with van der Waals surface area (Å²) >= 11 is 10.5. The van der Waals surface area contributed by atoms with Gasteiger partial charge < -0.3 is 0 Å². The summed E-state index contributed by atoms with van der Waals surface area (Å²) in [6, 6.07) is 10.5. The fourth-order valence-corrected chi connectivity index (χ4v) is 3.68.